The van der Waals surface area contributed by atoms with Crippen LogP contribution in [0.25, 0.3) is 0 Å². The van der Waals surface area contributed by atoms with E-state index in [1.807, 2.05) is 0 Å². The van der Waals surface area contributed by atoms with Crippen LogP contribution < -0.4 is 16.4 Å². The molecule has 35 heavy (non-hydrogen) atoms. The number of likely N-dealkylation sites (tertiary alicyclic amines) is 1. The molecule has 4 N–H and O–H groups in total. The Morgan fingerprint density at radius 2 is 1.71 bits per heavy atom. The van der Waals surface area contributed by atoms with Crippen molar-refractivity contribution in [2.75, 3.05) is 18.4 Å². The first-order chi connectivity index (χ1) is 16.9. The summed E-state index contributed by atoms with van der Waals surface area (Å²) in [7, 11) is 0. The largest absolute Gasteiger partial charge is 0.368 e. The molecule has 2 aromatic carbocycles. The molecule has 2 aliphatic rings. The average molecular weight is 494 g/mol. The fraction of sp³-hybridized carbons (Fsp3) is 0.320. The highest BCUT2D eigenvalue weighted by Crippen LogP contribution is 2.29. The molecule has 0 saturated carbocycles. The van der Waals surface area contributed by atoms with Gasteiger partial charge >= 0.3 is 0 Å². The van der Waals surface area contributed by atoms with Gasteiger partial charge in [0.15, 0.2) is 5.17 Å². The van der Waals surface area contributed by atoms with Crippen LogP contribution in [0.4, 0.5) is 5.69 Å². The Morgan fingerprint density at radius 3 is 2.37 bits per heavy atom. The minimum Gasteiger partial charge on any atom is -0.368 e. The maximum absolute atomic E-state index is 12.6. The summed E-state index contributed by atoms with van der Waals surface area (Å²) in [6.07, 6.45) is 3.38. The summed E-state index contributed by atoms with van der Waals surface area (Å²) in [5.74, 6) is -1.72. The summed E-state index contributed by atoms with van der Waals surface area (Å²) in [5.41, 5.74) is 6.86. The Balaban J connectivity index is 1.30. The molecule has 2 heterocycles. The molecular formula is C25H27N5O4S. The van der Waals surface area contributed by atoms with Crippen molar-refractivity contribution in [3.8, 4) is 0 Å². The number of piperidine rings is 1. The molecular weight excluding hydrogens is 466 g/mol. The third-order valence-corrected chi connectivity index (χ3v) is 7.06. The van der Waals surface area contributed by atoms with Crippen LogP contribution in [0.15, 0.2) is 59.6 Å². The van der Waals surface area contributed by atoms with Crippen LogP contribution in [0.3, 0.4) is 0 Å². The number of amides is 4. The van der Waals surface area contributed by atoms with E-state index in [1.54, 1.807) is 54.6 Å². The lowest BCUT2D eigenvalue weighted by atomic mass is 10.1. The molecule has 1 saturated heterocycles. The molecule has 182 valence electrons. The standard InChI is InChI=1S/C25H27N5O4S/c26-22(32)21(16-7-3-1-4-8-16)28-23(33)17-9-11-18(12-10-17)27-20(31)15-19-24(34)29-25(35-19)30-13-5-2-6-14-30/h1,3-4,7-12,19,21H,2,5-6,13-15H2,(H2,26,32)(H,27,31)(H,28,33). The molecule has 0 spiro atoms. The van der Waals surface area contributed by atoms with Gasteiger partial charge in [0.1, 0.15) is 11.3 Å². The van der Waals surface area contributed by atoms with E-state index in [9.17, 15) is 19.2 Å². The number of nitrogens with two attached hydrogens (primary N) is 1. The monoisotopic (exact) mass is 493 g/mol. The van der Waals surface area contributed by atoms with Crippen LogP contribution >= 0.6 is 11.8 Å². The van der Waals surface area contributed by atoms with E-state index in [0.29, 0.717) is 22.0 Å². The molecule has 0 aliphatic carbocycles. The Morgan fingerprint density at radius 1 is 1.03 bits per heavy atom. The summed E-state index contributed by atoms with van der Waals surface area (Å²) in [4.78, 5) is 55.5. The fourth-order valence-electron chi connectivity index (χ4n) is 3.99. The van der Waals surface area contributed by atoms with Crippen LogP contribution in [-0.2, 0) is 14.4 Å². The van der Waals surface area contributed by atoms with Gasteiger partial charge in [-0.15, -0.1) is 0 Å². The first kappa shape index (κ1) is 24.5. The van der Waals surface area contributed by atoms with Crippen molar-refractivity contribution < 1.29 is 19.2 Å². The molecule has 0 bridgehead atoms. The lowest BCUT2D eigenvalue weighted by Crippen LogP contribution is -2.37. The quantitative estimate of drug-likeness (QED) is 0.543. The van der Waals surface area contributed by atoms with E-state index >= 15 is 0 Å². The van der Waals surface area contributed by atoms with Crippen molar-refractivity contribution in [2.24, 2.45) is 10.7 Å². The summed E-state index contributed by atoms with van der Waals surface area (Å²) >= 11 is 1.35. The number of amidine groups is 1. The zero-order valence-corrected chi connectivity index (χ0v) is 19.9. The van der Waals surface area contributed by atoms with Gasteiger partial charge < -0.3 is 21.3 Å². The normalized spacial score (nSPS) is 18.5. The molecule has 10 heteroatoms. The molecule has 2 atom stereocenters. The molecule has 2 aliphatic heterocycles. The molecule has 4 amide bonds. The minimum atomic E-state index is -0.957. The zero-order valence-electron chi connectivity index (χ0n) is 19.1. The van der Waals surface area contributed by atoms with Crippen LogP contribution in [0.2, 0.25) is 0 Å². The number of carbonyl (C=O) groups excluding carboxylic acids is 4. The van der Waals surface area contributed by atoms with Gasteiger partial charge in [0.2, 0.25) is 11.8 Å². The number of nitrogens with one attached hydrogen (secondary N) is 2. The Labute approximate surface area is 207 Å². The second-order valence-corrected chi connectivity index (χ2v) is 9.61. The topological polar surface area (TPSA) is 134 Å². The lowest BCUT2D eigenvalue weighted by Gasteiger charge is -2.27. The van der Waals surface area contributed by atoms with Crippen LogP contribution in [0.5, 0.6) is 0 Å². The zero-order chi connectivity index (χ0) is 24.8. The first-order valence-corrected chi connectivity index (χ1v) is 12.4. The van der Waals surface area contributed by atoms with Crippen molar-refractivity contribution in [1.82, 2.24) is 10.2 Å². The number of hydrogen-bond acceptors (Lipinski definition) is 6. The van der Waals surface area contributed by atoms with Crippen molar-refractivity contribution in [2.45, 2.75) is 37.0 Å². The maximum Gasteiger partial charge on any atom is 0.262 e. The van der Waals surface area contributed by atoms with Crippen molar-refractivity contribution in [3.63, 3.8) is 0 Å². The van der Waals surface area contributed by atoms with Gasteiger partial charge in [-0.1, -0.05) is 42.1 Å². The molecule has 2 unspecified atom stereocenters. The predicted octanol–water partition coefficient (Wildman–Crippen LogP) is 2.46. The first-order valence-electron chi connectivity index (χ1n) is 11.5. The van der Waals surface area contributed by atoms with Crippen molar-refractivity contribution in [3.05, 3.63) is 65.7 Å². The molecule has 9 nitrogen and oxygen atoms in total. The number of anilines is 1. The number of aliphatic imine (C=N–C) groups is 1. The van der Waals surface area contributed by atoms with Gasteiger partial charge in [0.05, 0.1) is 0 Å². The number of nitrogens with zero attached hydrogens (tertiary/aromatic N) is 2. The van der Waals surface area contributed by atoms with Gasteiger partial charge in [0.25, 0.3) is 11.8 Å². The lowest BCUT2D eigenvalue weighted by molar-refractivity contribution is -0.121. The number of thioether (sulfide) groups is 1. The van der Waals surface area contributed by atoms with Crippen LogP contribution in [0.1, 0.15) is 47.6 Å². The number of rotatable bonds is 7. The second-order valence-electron chi connectivity index (χ2n) is 8.44. The van der Waals surface area contributed by atoms with Crippen molar-refractivity contribution in [1.29, 1.82) is 0 Å². The third-order valence-electron chi connectivity index (χ3n) is 5.85. The molecule has 1 fully saturated rings. The number of carbonyl (C=O) groups is 4. The fourth-order valence-corrected chi connectivity index (χ4v) is 5.11. The number of benzene rings is 2. The van der Waals surface area contributed by atoms with Crippen molar-refractivity contribution >= 4 is 46.2 Å². The highest BCUT2D eigenvalue weighted by Gasteiger charge is 2.33. The Bertz CT molecular complexity index is 1130. The van der Waals surface area contributed by atoms with E-state index in [-0.39, 0.29) is 18.2 Å². The molecule has 2 aromatic rings. The van der Waals surface area contributed by atoms with Gasteiger partial charge in [-0.2, -0.15) is 4.99 Å². The predicted molar refractivity (Wildman–Crippen MR) is 135 cm³/mol. The van der Waals surface area contributed by atoms with Gasteiger partial charge in [-0.3, -0.25) is 19.2 Å². The van der Waals surface area contributed by atoms with E-state index < -0.39 is 23.1 Å². The van der Waals surface area contributed by atoms with Gasteiger partial charge in [0, 0.05) is 30.8 Å². The van der Waals surface area contributed by atoms with E-state index in [4.69, 9.17) is 5.73 Å². The second kappa shape index (κ2) is 11.2. The highest BCUT2D eigenvalue weighted by atomic mass is 32.2. The molecule has 0 radical (unpaired) electrons. The Kier molecular flexibility index (Phi) is 7.81. The third kappa shape index (κ3) is 6.27. The van der Waals surface area contributed by atoms with E-state index in [0.717, 1.165) is 25.9 Å². The van der Waals surface area contributed by atoms with Gasteiger partial charge in [-0.25, -0.2) is 0 Å². The van der Waals surface area contributed by atoms with E-state index in [2.05, 4.69) is 20.5 Å². The molecule has 0 aromatic heterocycles. The number of primary amides is 1. The summed E-state index contributed by atoms with van der Waals surface area (Å²) in [5, 5.41) is 5.58. The summed E-state index contributed by atoms with van der Waals surface area (Å²) in [6, 6.07) is 14.1. The van der Waals surface area contributed by atoms with E-state index in [1.165, 1.54) is 18.2 Å². The summed E-state index contributed by atoms with van der Waals surface area (Å²) < 4.78 is 0. The molecule has 4 rings (SSSR count). The van der Waals surface area contributed by atoms with Gasteiger partial charge in [-0.05, 0) is 49.1 Å². The smallest absolute Gasteiger partial charge is 0.262 e. The average Bonchev–Trinajstić information content (AvgIpc) is 3.23. The highest BCUT2D eigenvalue weighted by molar-refractivity contribution is 8.15. The summed E-state index contributed by atoms with van der Waals surface area (Å²) in [6.45, 7) is 1.78. The Hall–Kier alpha value is -3.66. The minimum absolute atomic E-state index is 0.0178. The van der Waals surface area contributed by atoms with Crippen LogP contribution in [-0.4, -0.2) is 52.0 Å². The maximum atomic E-state index is 12.6. The number of hydrogen-bond donors (Lipinski definition) is 3. The SMILES string of the molecule is NC(=O)C(NC(=O)c1ccc(NC(=O)CC2SC(N3CCCCC3)=NC2=O)cc1)c1ccccc1. The van der Waals surface area contributed by atoms with Crippen LogP contribution in [0, 0.1) is 0 Å².